The Hall–Kier alpha value is -2.54. The van der Waals surface area contributed by atoms with Gasteiger partial charge in [0.05, 0.1) is 12.0 Å². The Morgan fingerprint density at radius 1 is 1.09 bits per heavy atom. The van der Waals surface area contributed by atoms with Crippen LogP contribution in [-0.2, 0) is 10.0 Å². The Bertz CT molecular complexity index is 859. The van der Waals surface area contributed by atoms with Crippen LogP contribution in [0.25, 0.3) is 0 Å². The molecule has 0 bridgehead atoms. The number of rotatable bonds is 5. The van der Waals surface area contributed by atoms with Gasteiger partial charge in [-0.05, 0) is 55.3 Å². The second-order valence-electron chi connectivity index (χ2n) is 5.07. The van der Waals surface area contributed by atoms with Crippen molar-refractivity contribution in [3.8, 4) is 5.75 Å². The van der Waals surface area contributed by atoms with Crippen molar-refractivity contribution in [1.82, 2.24) is 0 Å². The smallest absolute Gasteiger partial charge is 0.339 e. The normalized spacial score (nSPS) is 11.1. The molecule has 2 aromatic rings. The largest absolute Gasteiger partial charge is 0.496 e. The second-order valence-corrected chi connectivity index (χ2v) is 6.75. The molecule has 122 valence electrons. The molecule has 0 spiro atoms. The lowest BCUT2D eigenvalue weighted by Gasteiger charge is -2.11. The number of benzene rings is 2. The topological polar surface area (TPSA) is 92.7 Å². The molecule has 0 amide bonds. The van der Waals surface area contributed by atoms with Gasteiger partial charge < -0.3 is 9.84 Å². The first-order chi connectivity index (χ1) is 10.7. The molecule has 2 rings (SSSR count). The molecule has 0 aliphatic rings. The summed E-state index contributed by atoms with van der Waals surface area (Å²) in [6.45, 7) is 3.80. The van der Waals surface area contributed by atoms with Crippen LogP contribution in [0.1, 0.15) is 21.5 Å². The van der Waals surface area contributed by atoms with Gasteiger partial charge in [0.1, 0.15) is 11.3 Å². The van der Waals surface area contributed by atoms with Crippen LogP contribution in [0.4, 0.5) is 5.69 Å². The van der Waals surface area contributed by atoms with E-state index in [1.54, 1.807) is 12.1 Å². The first kappa shape index (κ1) is 16.8. The van der Waals surface area contributed by atoms with E-state index in [-0.39, 0.29) is 16.2 Å². The summed E-state index contributed by atoms with van der Waals surface area (Å²) in [5.41, 5.74) is 2.20. The van der Waals surface area contributed by atoms with E-state index < -0.39 is 16.0 Å². The molecule has 0 aliphatic carbocycles. The fourth-order valence-corrected chi connectivity index (χ4v) is 3.12. The van der Waals surface area contributed by atoms with Gasteiger partial charge in [0.25, 0.3) is 10.0 Å². The fourth-order valence-electron chi connectivity index (χ4n) is 2.04. The number of carbonyl (C=O) groups is 1. The third-order valence-corrected chi connectivity index (χ3v) is 4.85. The van der Waals surface area contributed by atoms with Crippen LogP contribution >= 0.6 is 0 Å². The van der Waals surface area contributed by atoms with Crippen molar-refractivity contribution in [1.29, 1.82) is 0 Å². The van der Waals surface area contributed by atoms with E-state index in [9.17, 15) is 13.2 Å². The summed E-state index contributed by atoms with van der Waals surface area (Å²) < 4.78 is 32.2. The fraction of sp³-hybridized carbons (Fsp3) is 0.188. The summed E-state index contributed by atoms with van der Waals surface area (Å²) in [5, 5.41) is 9.15. The van der Waals surface area contributed by atoms with Gasteiger partial charge in [-0.3, -0.25) is 4.72 Å². The molecule has 0 saturated carbocycles. The van der Waals surface area contributed by atoms with E-state index in [0.29, 0.717) is 5.69 Å². The minimum Gasteiger partial charge on any atom is -0.496 e. The highest BCUT2D eigenvalue weighted by atomic mass is 32.2. The number of carboxylic acids is 1. The number of nitrogens with one attached hydrogen (secondary N) is 1. The zero-order chi connectivity index (χ0) is 17.2. The highest BCUT2D eigenvalue weighted by Crippen LogP contribution is 2.24. The van der Waals surface area contributed by atoms with Crippen LogP contribution in [0.2, 0.25) is 0 Å². The van der Waals surface area contributed by atoms with Gasteiger partial charge in [0, 0.05) is 5.69 Å². The van der Waals surface area contributed by atoms with E-state index >= 15 is 0 Å². The van der Waals surface area contributed by atoms with Crippen molar-refractivity contribution in [2.75, 3.05) is 11.8 Å². The van der Waals surface area contributed by atoms with Gasteiger partial charge in [0.15, 0.2) is 0 Å². The predicted molar refractivity (Wildman–Crippen MR) is 86.7 cm³/mol. The van der Waals surface area contributed by atoms with E-state index in [0.717, 1.165) is 17.2 Å². The Kier molecular flexibility index (Phi) is 4.60. The maximum atomic E-state index is 12.4. The van der Waals surface area contributed by atoms with Gasteiger partial charge in [-0.15, -0.1) is 0 Å². The maximum Gasteiger partial charge on any atom is 0.339 e. The molecule has 0 radical (unpaired) electrons. The SMILES string of the molecule is COc1ccc(S(=O)(=O)Nc2ccc(C)c(C)c2)cc1C(=O)O. The molecular weight excluding hydrogens is 318 g/mol. The minimum atomic E-state index is -3.89. The minimum absolute atomic E-state index is 0.0997. The molecule has 0 saturated heterocycles. The van der Waals surface area contributed by atoms with Gasteiger partial charge in [-0.2, -0.15) is 0 Å². The molecule has 0 unspecified atom stereocenters. The summed E-state index contributed by atoms with van der Waals surface area (Å²) in [6.07, 6.45) is 0. The summed E-state index contributed by atoms with van der Waals surface area (Å²) in [7, 11) is -2.57. The van der Waals surface area contributed by atoms with Gasteiger partial charge >= 0.3 is 5.97 Å². The van der Waals surface area contributed by atoms with Crippen molar-refractivity contribution >= 4 is 21.7 Å². The number of aromatic carboxylic acids is 1. The van der Waals surface area contributed by atoms with E-state index in [2.05, 4.69) is 4.72 Å². The van der Waals surface area contributed by atoms with Crippen LogP contribution in [-0.4, -0.2) is 26.6 Å². The molecular formula is C16H17NO5S. The number of hydrogen-bond acceptors (Lipinski definition) is 4. The summed E-state index contributed by atoms with van der Waals surface area (Å²) in [6, 6.07) is 8.87. The number of anilines is 1. The molecule has 0 fully saturated rings. The first-order valence-electron chi connectivity index (χ1n) is 6.76. The number of ether oxygens (including phenoxy) is 1. The van der Waals surface area contributed by atoms with E-state index in [1.807, 2.05) is 19.9 Å². The molecule has 6 nitrogen and oxygen atoms in total. The van der Waals surface area contributed by atoms with Crippen LogP contribution < -0.4 is 9.46 Å². The van der Waals surface area contributed by atoms with Crippen molar-refractivity contribution in [3.63, 3.8) is 0 Å². The highest BCUT2D eigenvalue weighted by molar-refractivity contribution is 7.92. The average molecular weight is 335 g/mol. The molecule has 0 aliphatic heterocycles. The Labute approximate surface area is 134 Å². The number of hydrogen-bond donors (Lipinski definition) is 2. The molecule has 2 aromatic carbocycles. The van der Waals surface area contributed by atoms with Crippen molar-refractivity contribution in [2.45, 2.75) is 18.7 Å². The maximum absolute atomic E-state index is 12.4. The van der Waals surface area contributed by atoms with Crippen molar-refractivity contribution < 1.29 is 23.1 Å². The lowest BCUT2D eigenvalue weighted by atomic mass is 10.1. The quantitative estimate of drug-likeness (QED) is 0.876. The molecule has 0 atom stereocenters. The number of sulfonamides is 1. The molecule has 0 heterocycles. The van der Waals surface area contributed by atoms with Crippen LogP contribution in [0.15, 0.2) is 41.3 Å². The lowest BCUT2D eigenvalue weighted by Crippen LogP contribution is -2.14. The third-order valence-electron chi connectivity index (χ3n) is 3.47. The summed E-state index contributed by atoms with van der Waals surface area (Å²) in [5.74, 6) is -1.16. The third kappa shape index (κ3) is 3.62. The second kappa shape index (κ2) is 6.29. The van der Waals surface area contributed by atoms with Crippen molar-refractivity contribution in [2.24, 2.45) is 0 Å². The first-order valence-corrected chi connectivity index (χ1v) is 8.24. The van der Waals surface area contributed by atoms with Crippen LogP contribution in [0, 0.1) is 13.8 Å². The van der Waals surface area contributed by atoms with Crippen LogP contribution in [0.5, 0.6) is 5.75 Å². The zero-order valence-electron chi connectivity index (χ0n) is 13.0. The highest BCUT2D eigenvalue weighted by Gasteiger charge is 2.19. The number of carboxylic acid groups (broad SMARTS) is 1. The van der Waals surface area contributed by atoms with E-state index in [1.165, 1.54) is 19.2 Å². The summed E-state index contributed by atoms with van der Waals surface area (Å²) in [4.78, 5) is 11.1. The van der Waals surface area contributed by atoms with Crippen molar-refractivity contribution in [3.05, 3.63) is 53.1 Å². The lowest BCUT2D eigenvalue weighted by molar-refractivity contribution is 0.0693. The monoisotopic (exact) mass is 335 g/mol. The number of methoxy groups -OCH3 is 1. The standard InChI is InChI=1S/C16H17NO5S/c1-10-4-5-12(8-11(10)2)17-23(20,21)13-6-7-15(22-3)14(9-13)16(18)19/h4-9,17H,1-3H3,(H,18,19). The Morgan fingerprint density at radius 2 is 1.78 bits per heavy atom. The van der Waals surface area contributed by atoms with Crippen LogP contribution in [0.3, 0.4) is 0 Å². The Balaban J connectivity index is 2.41. The Morgan fingerprint density at radius 3 is 2.35 bits per heavy atom. The predicted octanol–water partition coefficient (Wildman–Crippen LogP) is 2.81. The molecule has 23 heavy (non-hydrogen) atoms. The number of aryl methyl sites for hydroxylation is 2. The molecule has 0 aromatic heterocycles. The van der Waals surface area contributed by atoms with Gasteiger partial charge in [-0.1, -0.05) is 6.07 Å². The summed E-state index contributed by atoms with van der Waals surface area (Å²) >= 11 is 0. The molecule has 2 N–H and O–H groups in total. The zero-order valence-corrected chi connectivity index (χ0v) is 13.8. The van der Waals surface area contributed by atoms with Gasteiger partial charge in [-0.25, -0.2) is 13.2 Å². The average Bonchev–Trinajstić information content (AvgIpc) is 2.50. The molecule has 7 heteroatoms. The van der Waals surface area contributed by atoms with Gasteiger partial charge in [0.2, 0.25) is 0 Å². The van der Waals surface area contributed by atoms with E-state index in [4.69, 9.17) is 9.84 Å².